The van der Waals surface area contributed by atoms with Crippen LogP contribution in [0.15, 0.2) is 0 Å². The Balaban J connectivity index is 2.85. The van der Waals surface area contributed by atoms with Crippen molar-refractivity contribution < 1.29 is 25.3 Å². The molecule has 0 atom stereocenters. The van der Waals surface area contributed by atoms with Gasteiger partial charge in [-0.05, 0) is 21.5 Å². The zero-order valence-electron chi connectivity index (χ0n) is 10.9. The van der Waals surface area contributed by atoms with E-state index in [1.54, 1.807) is 0 Å². The molecule has 0 aliphatic rings. The van der Waals surface area contributed by atoms with Crippen molar-refractivity contribution in [3.8, 4) is 0 Å². The van der Waals surface area contributed by atoms with Gasteiger partial charge in [-0.15, -0.1) is 0 Å². The van der Waals surface area contributed by atoms with Gasteiger partial charge in [0.2, 0.25) is 0 Å². The van der Waals surface area contributed by atoms with E-state index in [9.17, 15) is 0 Å². The predicted octanol–water partition coefficient (Wildman–Crippen LogP) is 4.19. The average molecular weight is 250 g/mol. The summed E-state index contributed by atoms with van der Waals surface area (Å²) in [5, 5.41) is 18.6. The second-order valence-electron chi connectivity index (χ2n) is 4.21. The second kappa shape index (κ2) is 15.8. The highest BCUT2D eigenvalue weighted by Gasteiger charge is 1.94. The number of hydrogen-bond donors (Lipinski definition) is 1. The van der Waals surface area contributed by atoms with Crippen LogP contribution < -0.4 is 0 Å². The van der Waals surface area contributed by atoms with Gasteiger partial charge in [-0.2, -0.15) is 0 Å². The SMILES string of the molecule is CCCCCCCCCCCCOOOOO. The van der Waals surface area contributed by atoms with Crippen LogP contribution in [0.25, 0.3) is 0 Å². The fourth-order valence-corrected chi connectivity index (χ4v) is 1.71. The molecule has 0 amide bonds. The summed E-state index contributed by atoms with van der Waals surface area (Å²) in [6, 6.07) is 0. The maximum atomic E-state index is 7.72. The molecule has 0 saturated heterocycles. The van der Waals surface area contributed by atoms with Gasteiger partial charge in [0.05, 0.1) is 6.61 Å². The summed E-state index contributed by atoms with van der Waals surface area (Å²) in [5.41, 5.74) is 0. The molecule has 5 heteroatoms. The van der Waals surface area contributed by atoms with E-state index in [1.165, 1.54) is 51.4 Å². The van der Waals surface area contributed by atoms with Gasteiger partial charge in [0.25, 0.3) is 0 Å². The van der Waals surface area contributed by atoms with Gasteiger partial charge >= 0.3 is 0 Å². The Morgan fingerprint density at radius 1 is 0.706 bits per heavy atom. The monoisotopic (exact) mass is 250 g/mol. The van der Waals surface area contributed by atoms with Gasteiger partial charge in [-0.25, -0.2) is 10.1 Å². The predicted molar refractivity (Wildman–Crippen MR) is 63.7 cm³/mol. The van der Waals surface area contributed by atoms with Crippen LogP contribution in [-0.4, -0.2) is 11.9 Å². The van der Waals surface area contributed by atoms with Crippen molar-refractivity contribution in [1.82, 2.24) is 0 Å². The zero-order chi connectivity index (χ0) is 12.6. The summed E-state index contributed by atoms with van der Waals surface area (Å²) < 4.78 is 0. The third-order valence-electron chi connectivity index (χ3n) is 2.69. The molecule has 0 aromatic carbocycles. The Hall–Kier alpha value is -0.200. The minimum atomic E-state index is 0.444. The molecule has 0 heterocycles. The molecule has 0 fully saturated rings. The number of unbranched alkanes of at least 4 members (excludes halogenated alkanes) is 9. The van der Waals surface area contributed by atoms with E-state index >= 15 is 0 Å². The molecule has 1 N–H and O–H groups in total. The van der Waals surface area contributed by atoms with Crippen molar-refractivity contribution in [3.05, 3.63) is 0 Å². The first-order chi connectivity index (χ1) is 8.41. The van der Waals surface area contributed by atoms with Gasteiger partial charge in [-0.1, -0.05) is 64.7 Å². The van der Waals surface area contributed by atoms with Crippen molar-refractivity contribution in [2.24, 2.45) is 0 Å². The Morgan fingerprint density at radius 2 is 1.24 bits per heavy atom. The molecule has 0 aliphatic heterocycles. The van der Waals surface area contributed by atoms with Crippen molar-refractivity contribution >= 4 is 0 Å². The molecule has 0 aromatic rings. The van der Waals surface area contributed by atoms with Crippen LogP contribution in [0, 0.1) is 0 Å². The lowest BCUT2D eigenvalue weighted by atomic mass is 10.1. The Kier molecular flexibility index (Phi) is 15.6. The molecule has 0 unspecified atom stereocenters. The highest BCUT2D eigenvalue weighted by atomic mass is 17.8. The molecule has 0 radical (unpaired) electrons. The van der Waals surface area contributed by atoms with Crippen molar-refractivity contribution in [2.75, 3.05) is 6.61 Å². The van der Waals surface area contributed by atoms with Gasteiger partial charge in [-0.3, -0.25) is 0 Å². The Morgan fingerprint density at radius 3 is 1.76 bits per heavy atom. The molecule has 0 aromatic heterocycles. The molecule has 0 aliphatic carbocycles. The van der Waals surface area contributed by atoms with E-state index in [4.69, 9.17) is 5.26 Å². The van der Waals surface area contributed by atoms with Crippen LogP contribution in [0.1, 0.15) is 71.1 Å². The zero-order valence-corrected chi connectivity index (χ0v) is 10.9. The van der Waals surface area contributed by atoms with E-state index < -0.39 is 0 Å². The van der Waals surface area contributed by atoms with Crippen LogP contribution in [-0.2, 0) is 20.0 Å². The first kappa shape index (κ1) is 16.8. The number of rotatable bonds is 14. The molecule has 0 saturated carbocycles. The summed E-state index contributed by atoms with van der Waals surface area (Å²) in [4.78, 5) is 4.54. The minimum absolute atomic E-state index is 0.444. The molecule has 0 bridgehead atoms. The fourth-order valence-electron chi connectivity index (χ4n) is 1.71. The molecular formula is C12H26O5. The molecular weight excluding hydrogens is 224 g/mol. The van der Waals surface area contributed by atoms with Gasteiger partial charge in [0.1, 0.15) is 0 Å². The van der Waals surface area contributed by atoms with Crippen LogP contribution in [0.3, 0.4) is 0 Å². The minimum Gasteiger partial charge on any atom is -0.219 e. The van der Waals surface area contributed by atoms with Gasteiger partial charge < -0.3 is 0 Å². The Labute approximate surface area is 104 Å². The average Bonchev–Trinajstić information content (AvgIpc) is 2.35. The third kappa shape index (κ3) is 15.8. The summed E-state index contributed by atoms with van der Waals surface area (Å²) in [6.45, 7) is 2.68. The number of hydrogen-bond acceptors (Lipinski definition) is 5. The van der Waals surface area contributed by atoms with Gasteiger partial charge in [0, 0.05) is 0 Å². The second-order valence-corrected chi connectivity index (χ2v) is 4.21. The molecule has 104 valence electrons. The smallest absolute Gasteiger partial charge is 0.0855 e. The standard InChI is InChI=1S/C12H26O5/c1-2-3-4-5-6-7-8-9-10-11-12-14-16-17-15-13/h13H,2-12H2,1H3. The molecule has 0 rings (SSSR count). The lowest BCUT2D eigenvalue weighted by Gasteiger charge is -2.02. The Bertz CT molecular complexity index is 118. The van der Waals surface area contributed by atoms with Crippen molar-refractivity contribution in [3.63, 3.8) is 0 Å². The van der Waals surface area contributed by atoms with Crippen LogP contribution in [0.2, 0.25) is 0 Å². The maximum Gasteiger partial charge on any atom is 0.0855 e. The van der Waals surface area contributed by atoms with Crippen molar-refractivity contribution in [1.29, 1.82) is 0 Å². The largest absolute Gasteiger partial charge is 0.219 e. The summed E-state index contributed by atoms with van der Waals surface area (Å²) in [7, 11) is 0. The van der Waals surface area contributed by atoms with Crippen molar-refractivity contribution in [2.45, 2.75) is 71.1 Å². The van der Waals surface area contributed by atoms with Crippen LogP contribution in [0.4, 0.5) is 0 Å². The fraction of sp³-hybridized carbons (Fsp3) is 1.00. The van der Waals surface area contributed by atoms with E-state index in [0.29, 0.717) is 6.61 Å². The highest BCUT2D eigenvalue weighted by Crippen LogP contribution is 2.10. The van der Waals surface area contributed by atoms with Gasteiger partial charge in [0.15, 0.2) is 0 Å². The van der Waals surface area contributed by atoms with Crippen LogP contribution >= 0.6 is 0 Å². The topological polar surface area (TPSA) is 57.2 Å². The third-order valence-corrected chi connectivity index (χ3v) is 2.69. The summed E-state index contributed by atoms with van der Waals surface area (Å²) >= 11 is 0. The lowest BCUT2D eigenvalue weighted by molar-refractivity contribution is -0.702. The quantitative estimate of drug-likeness (QED) is 0.284. The highest BCUT2D eigenvalue weighted by molar-refractivity contribution is 4.46. The maximum absolute atomic E-state index is 7.72. The molecule has 5 nitrogen and oxygen atoms in total. The first-order valence-corrected chi connectivity index (χ1v) is 6.68. The van der Waals surface area contributed by atoms with E-state index in [2.05, 4.69) is 26.9 Å². The van der Waals surface area contributed by atoms with E-state index in [1.807, 2.05) is 0 Å². The van der Waals surface area contributed by atoms with E-state index in [0.717, 1.165) is 12.8 Å². The lowest BCUT2D eigenvalue weighted by Crippen LogP contribution is -1.97. The normalized spacial score (nSPS) is 10.9. The molecule has 17 heavy (non-hydrogen) atoms. The van der Waals surface area contributed by atoms with E-state index in [-0.39, 0.29) is 0 Å². The summed E-state index contributed by atoms with van der Waals surface area (Å²) in [6.07, 6.45) is 12.7. The first-order valence-electron chi connectivity index (χ1n) is 6.68. The van der Waals surface area contributed by atoms with Crippen LogP contribution in [0.5, 0.6) is 0 Å². The summed E-state index contributed by atoms with van der Waals surface area (Å²) in [5.74, 6) is 0. The molecule has 0 spiro atoms.